The van der Waals surface area contributed by atoms with Crippen LogP contribution in [0.2, 0.25) is 0 Å². The molecule has 0 spiro atoms. The van der Waals surface area contributed by atoms with Crippen molar-refractivity contribution < 1.29 is 8.42 Å². The van der Waals surface area contributed by atoms with Gasteiger partial charge in [0.2, 0.25) is 0 Å². The molecule has 1 saturated carbocycles. The van der Waals surface area contributed by atoms with Gasteiger partial charge >= 0.3 is 0 Å². The fourth-order valence-corrected chi connectivity index (χ4v) is 4.38. The van der Waals surface area contributed by atoms with Crippen LogP contribution in [0.25, 0.3) is 0 Å². The Labute approximate surface area is 99.4 Å². The highest BCUT2D eigenvalue weighted by Crippen LogP contribution is 2.34. The zero-order chi connectivity index (χ0) is 11.8. The van der Waals surface area contributed by atoms with Gasteiger partial charge in [0.1, 0.15) is 4.21 Å². The van der Waals surface area contributed by atoms with Gasteiger partial charge in [-0.1, -0.05) is 6.08 Å². The van der Waals surface area contributed by atoms with Gasteiger partial charge in [-0.3, -0.25) is 0 Å². The van der Waals surface area contributed by atoms with Gasteiger partial charge in [0, 0.05) is 23.7 Å². The Morgan fingerprint density at radius 3 is 2.75 bits per heavy atom. The molecule has 4 nitrogen and oxygen atoms in total. The lowest BCUT2D eigenvalue weighted by atomic mass is 10.6. The number of nitrogens with zero attached hydrogens (tertiary/aromatic N) is 1. The molecule has 0 aliphatic heterocycles. The first-order chi connectivity index (χ1) is 7.55. The van der Waals surface area contributed by atoms with Gasteiger partial charge in [-0.25, -0.2) is 8.42 Å². The van der Waals surface area contributed by atoms with Crippen molar-refractivity contribution in [2.75, 3.05) is 12.3 Å². The second-order valence-electron chi connectivity index (χ2n) is 3.79. The summed E-state index contributed by atoms with van der Waals surface area (Å²) in [6.45, 7) is 3.96. The van der Waals surface area contributed by atoms with E-state index in [4.69, 9.17) is 5.73 Å². The van der Waals surface area contributed by atoms with E-state index in [0.717, 1.165) is 12.8 Å². The zero-order valence-electron chi connectivity index (χ0n) is 8.80. The third-order valence-corrected chi connectivity index (χ3v) is 5.77. The third-order valence-electron chi connectivity index (χ3n) is 2.42. The van der Waals surface area contributed by atoms with E-state index in [9.17, 15) is 8.42 Å². The average Bonchev–Trinajstić information content (AvgIpc) is 2.96. The first-order valence-electron chi connectivity index (χ1n) is 5.02. The predicted octanol–water partition coefficient (Wildman–Crippen LogP) is 1.67. The quantitative estimate of drug-likeness (QED) is 0.817. The minimum Gasteiger partial charge on any atom is -0.398 e. The van der Waals surface area contributed by atoms with E-state index >= 15 is 0 Å². The third kappa shape index (κ3) is 2.14. The van der Waals surface area contributed by atoms with Crippen molar-refractivity contribution in [3.63, 3.8) is 0 Å². The van der Waals surface area contributed by atoms with Crippen molar-refractivity contribution in [3.8, 4) is 0 Å². The molecule has 88 valence electrons. The van der Waals surface area contributed by atoms with E-state index in [1.54, 1.807) is 11.5 Å². The predicted molar refractivity (Wildman–Crippen MR) is 65.8 cm³/mol. The molecule has 0 unspecified atom stereocenters. The number of rotatable bonds is 5. The lowest BCUT2D eigenvalue weighted by Crippen LogP contribution is -2.32. The molecule has 0 aromatic carbocycles. The van der Waals surface area contributed by atoms with E-state index in [0.29, 0.717) is 16.4 Å². The molecule has 1 aromatic heterocycles. The number of sulfonamides is 1. The van der Waals surface area contributed by atoms with Gasteiger partial charge in [-0.2, -0.15) is 4.31 Å². The minimum atomic E-state index is -3.38. The van der Waals surface area contributed by atoms with Crippen LogP contribution in [-0.4, -0.2) is 25.3 Å². The van der Waals surface area contributed by atoms with Gasteiger partial charge in [0.05, 0.1) is 0 Å². The minimum absolute atomic E-state index is 0.145. The topological polar surface area (TPSA) is 63.4 Å². The van der Waals surface area contributed by atoms with Crippen molar-refractivity contribution >= 4 is 27.0 Å². The number of hydrogen-bond acceptors (Lipinski definition) is 4. The van der Waals surface area contributed by atoms with Crippen LogP contribution >= 0.6 is 11.3 Å². The zero-order valence-corrected chi connectivity index (χ0v) is 10.4. The van der Waals surface area contributed by atoms with Crippen molar-refractivity contribution in [1.29, 1.82) is 0 Å². The van der Waals surface area contributed by atoms with Crippen molar-refractivity contribution in [1.82, 2.24) is 4.31 Å². The number of thiophene rings is 1. The molecule has 1 aliphatic carbocycles. The van der Waals surface area contributed by atoms with Crippen molar-refractivity contribution in [2.24, 2.45) is 0 Å². The Bertz CT molecular complexity index is 489. The van der Waals surface area contributed by atoms with Gasteiger partial charge in [-0.15, -0.1) is 17.9 Å². The van der Waals surface area contributed by atoms with Crippen molar-refractivity contribution in [2.45, 2.75) is 23.1 Å². The van der Waals surface area contributed by atoms with Crippen LogP contribution in [-0.2, 0) is 10.0 Å². The normalized spacial score (nSPS) is 16.6. The standard InChI is InChI=1S/C10H14N2O2S2/c1-2-5-12(9-3-4-9)16(13,14)10-6-8(11)7-15-10/h2,6-7,9H,1,3-5,11H2. The fraction of sp³-hybridized carbons (Fsp3) is 0.400. The monoisotopic (exact) mass is 258 g/mol. The Kier molecular flexibility index (Phi) is 3.05. The second-order valence-corrected chi connectivity index (χ2v) is 6.82. The summed E-state index contributed by atoms with van der Waals surface area (Å²) in [7, 11) is -3.38. The molecule has 0 radical (unpaired) electrons. The SMILES string of the molecule is C=CCN(C1CC1)S(=O)(=O)c1cc(N)cs1. The Morgan fingerprint density at radius 2 is 2.31 bits per heavy atom. The summed E-state index contributed by atoms with van der Waals surface area (Å²) >= 11 is 1.17. The Morgan fingerprint density at radius 1 is 1.62 bits per heavy atom. The maximum Gasteiger partial charge on any atom is 0.253 e. The first-order valence-corrected chi connectivity index (χ1v) is 7.34. The van der Waals surface area contributed by atoms with Gasteiger partial charge < -0.3 is 5.73 Å². The van der Waals surface area contributed by atoms with E-state index < -0.39 is 10.0 Å². The van der Waals surface area contributed by atoms with Gasteiger partial charge in [-0.05, 0) is 18.9 Å². The van der Waals surface area contributed by atoms with E-state index in [2.05, 4.69) is 6.58 Å². The maximum absolute atomic E-state index is 12.3. The fourth-order valence-electron chi connectivity index (χ4n) is 1.51. The molecule has 0 amide bonds. The molecule has 1 aromatic rings. The summed E-state index contributed by atoms with van der Waals surface area (Å²) < 4.78 is 26.3. The maximum atomic E-state index is 12.3. The summed E-state index contributed by atoms with van der Waals surface area (Å²) in [5.74, 6) is 0. The average molecular weight is 258 g/mol. The molecule has 0 saturated heterocycles. The summed E-state index contributed by atoms with van der Waals surface area (Å²) in [5, 5.41) is 1.64. The summed E-state index contributed by atoms with van der Waals surface area (Å²) in [5.41, 5.74) is 6.05. The van der Waals surface area contributed by atoms with Crippen LogP contribution in [0.5, 0.6) is 0 Å². The first kappa shape index (κ1) is 11.6. The Hall–Kier alpha value is -0.850. The molecule has 1 fully saturated rings. The van der Waals surface area contributed by atoms with Gasteiger partial charge in [0.25, 0.3) is 10.0 Å². The van der Waals surface area contributed by atoms with Crippen LogP contribution in [0.15, 0.2) is 28.3 Å². The van der Waals surface area contributed by atoms with Crippen LogP contribution < -0.4 is 5.73 Å². The lowest BCUT2D eigenvalue weighted by molar-refractivity contribution is 0.437. The molecule has 0 bridgehead atoms. The molecule has 6 heteroatoms. The molecule has 1 heterocycles. The summed E-state index contributed by atoms with van der Waals surface area (Å²) in [6.07, 6.45) is 3.49. The van der Waals surface area contributed by atoms with Crippen LogP contribution in [0.1, 0.15) is 12.8 Å². The van der Waals surface area contributed by atoms with Crippen LogP contribution in [0.4, 0.5) is 5.69 Å². The molecule has 16 heavy (non-hydrogen) atoms. The lowest BCUT2D eigenvalue weighted by Gasteiger charge is -2.18. The molecular formula is C10H14N2O2S2. The van der Waals surface area contributed by atoms with Crippen LogP contribution in [0, 0.1) is 0 Å². The molecule has 1 aliphatic rings. The van der Waals surface area contributed by atoms with E-state index in [1.807, 2.05) is 0 Å². The smallest absolute Gasteiger partial charge is 0.253 e. The highest BCUT2D eigenvalue weighted by molar-refractivity contribution is 7.91. The second kappa shape index (κ2) is 4.20. The van der Waals surface area contributed by atoms with Crippen LogP contribution in [0.3, 0.4) is 0 Å². The number of nitrogen functional groups attached to an aromatic ring is 1. The number of hydrogen-bond donors (Lipinski definition) is 1. The van der Waals surface area contributed by atoms with E-state index in [-0.39, 0.29) is 6.04 Å². The molecular weight excluding hydrogens is 244 g/mol. The number of nitrogens with two attached hydrogens (primary N) is 1. The highest BCUT2D eigenvalue weighted by atomic mass is 32.2. The van der Waals surface area contributed by atoms with E-state index in [1.165, 1.54) is 21.7 Å². The Balaban J connectivity index is 2.32. The summed E-state index contributed by atoms with van der Waals surface area (Å²) in [4.78, 5) is 0. The number of anilines is 1. The molecule has 0 atom stereocenters. The van der Waals surface area contributed by atoms with Crippen molar-refractivity contribution in [3.05, 3.63) is 24.1 Å². The van der Waals surface area contributed by atoms with Gasteiger partial charge in [0.15, 0.2) is 0 Å². The largest absolute Gasteiger partial charge is 0.398 e. The molecule has 2 N–H and O–H groups in total. The highest BCUT2D eigenvalue weighted by Gasteiger charge is 2.37. The molecule has 2 rings (SSSR count). The summed E-state index contributed by atoms with van der Waals surface area (Å²) in [6, 6.07) is 1.66.